The van der Waals surface area contributed by atoms with Crippen LogP contribution in [0.1, 0.15) is 6.92 Å². The smallest absolute Gasteiger partial charge is 0.387 e. The molecule has 0 heterocycles. The number of anilines is 1. The minimum absolute atomic E-state index is 0.195. The number of benzene rings is 1. The molecule has 0 amide bonds. The molecular weight excluding hydrogens is 346 g/mol. The molecule has 0 saturated heterocycles. The van der Waals surface area contributed by atoms with E-state index in [9.17, 15) is 31.1 Å². The highest BCUT2D eigenvalue weighted by atomic mass is 32.2. The molecule has 0 radical (unpaired) electrons. The van der Waals surface area contributed by atoms with Crippen LogP contribution in [0.4, 0.5) is 23.2 Å². The lowest BCUT2D eigenvalue weighted by Crippen LogP contribution is -2.36. The molecule has 0 aromatic heterocycles. The van der Waals surface area contributed by atoms with Crippen molar-refractivity contribution >= 4 is 27.3 Å². The van der Waals surface area contributed by atoms with Gasteiger partial charge in [-0.05, 0) is 31.4 Å². The van der Waals surface area contributed by atoms with Gasteiger partial charge in [0, 0.05) is 12.3 Å². The van der Waals surface area contributed by atoms with Crippen LogP contribution in [0.5, 0.6) is 0 Å². The number of nitrogens with one attached hydrogen (secondary N) is 1. The molecule has 1 aromatic rings. The fourth-order valence-electron chi connectivity index (χ4n) is 1.64. The number of sulfone groups is 1. The van der Waals surface area contributed by atoms with E-state index in [1.807, 2.05) is 0 Å². The molecule has 0 aliphatic carbocycles. The molecule has 22 heavy (non-hydrogen) atoms. The Morgan fingerprint density at radius 2 is 1.91 bits per heavy atom. The third kappa shape index (κ3) is 4.50. The molecule has 4 nitrogen and oxygen atoms in total. The van der Waals surface area contributed by atoms with Gasteiger partial charge in [0.05, 0.1) is 11.3 Å². The fraction of sp³-hybridized carbons (Fsp3) is 0.500. The predicted molar refractivity (Wildman–Crippen MR) is 77.1 cm³/mol. The van der Waals surface area contributed by atoms with Gasteiger partial charge in [-0.1, -0.05) is 0 Å². The zero-order valence-electron chi connectivity index (χ0n) is 11.7. The SMILES string of the molecule is CSCC(C)(O)CNc1ccc(F)cc1S(=O)(=O)C(F)(F)F. The summed E-state index contributed by atoms with van der Waals surface area (Å²) in [5, 5.41) is 12.4. The van der Waals surface area contributed by atoms with Gasteiger partial charge in [-0.2, -0.15) is 24.9 Å². The minimum Gasteiger partial charge on any atom is -0.387 e. The fourth-order valence-corrected chi connectivity index (χ4v) is 3.31. The average molecular weight is 361 g/mol. The third-order valence-corrected chi connectivity index (χ3v) is 5.09. The predicted octanol–water partition coefficient (Wildman–Crippen LogP) is 2.65. The summed E-state index contributed by atoms with van der Waals surface area (Å²) >= 11 is 1.31. The molecule has 0 aliphatic heterocycles. The van der Waals surface area contributed by atoms with Crippen LogP contribution >= 0.6 is 11.8 Å². The van der Waals surface area contributed by atoms with Gasteiger partial charge in [0.15, 0.2) is 0 Å². The zero-order valence-corrected chi connectivity index (χ0v) is 13.4. The second kappa shape index (κ2) is 6.63. The Bertz CT molecular complexity index is 630. The van der Waals surface area contributed by atoms with E-state index in [1.54, 1.807) is 6.26 Å². The van der Waals surface area contributed by atoms with Crippen LogP contribution in [0, 0.1) is 5.82 Å². The molecule has 2 N–H and O–H groups in total. The highest BCUT2D eigenvalue weighted by molar-refractivity contribution is 7.98. The summed E-state index contributed by atoms with van der Waals surface area (Å²) in [6, 6.07) is 2.03. The average Bonchev–Trinajstić information content (AvgIpc) is 2.35. The topological polar surface area (TPSA) is 66.4 Å². The van der Waals surface area contributed by atoms with Crippen molar-refractivity contribution in [3.05, 3.63) is 24.0 Å². The summed E-state index contributed by atoms with van der Waals surface area (Å²) in [6.45, 7) is 1.25. The number of rotatable bonds is 6. The Morgan fingerprint density at radius 1 is 1.32 bits per heavy atom. The summed E-state index contributed by atoms with van der Waals surface area (Å²) < 4.78 is 74.0. The minimum atomic E-state index is -5.70. The number of hydrogen-bond acceptors (Lipinski definition) is 5. The summed E-state index contributed by atoms with van der Waals surface area (Å²) in [4.78, 5) is -1.21. The monoisotopic (exact) mass is 361 g/mol. The number of halogens is 4. The van der Waals surface area contributed by atoms with E-state index in [1.165, 1.54) is 18.7 Å². The van der Waals surface area contributed by atoms with E-state index in [0.29, 0.717) is 6.07 Å². The molecule has 0 fully saturated rings. The third-order valence-electron chi connectivity index (χ3n) is 2.65. The molecule has 1 aromatic carbocycles. The van der Waals surface area contributed by atoms with Crippen LogP contribution in [-0.2, 0) is 9.84 Å². The van der Waals surface area contributed by atoms with E-state index in [4.69, 9.17) is 0 Å². The summed E-state index contributed by atoms with van der Waals surface area (Å²) in [5.74, 6) is -0.827. The van der Waals surface area contributed by atoms with Gasteiger partial charge in [0.2, 0.25) is 0 Å². The van der Waals surface area contributed by atoms with E-state index in [-0.39, 0.29) is 12.3 Å². The first kappa shape index (κ1) is 19.0. The van der Waals surface area contributed by atoms with Crippen LogP contribution < -0.4 is 5.32 Å². The Labute approximate surface area is 129 Å². The van der Waals surface area contributed by atoms with Gasteiger partial charge in [-0.3, -0.25) is 0 Å². The van der Waals surface area contributed by atoms with E-state index in [0.717, 1.165) is 12.1 Å². The van der Waals surface area contributed by atoms with Gasteiger partial charge >= 0.3 is 5.51 Å². The van der Waals surface area contributed by atoms with Gasteiger partial charge < -0.3 is 10.4 Å². The zero-order chi connectivity index (χ0) is 17.2. The van der Waals surface area contributed by atoms with Crippen molar-refractivity contribution in [1.82, 2.24) is 0 Å². The number of aliphatic hydroxyl groups is 1. The molecule has 10 heteroatoms. The maximum Gasteiger partial charge on any atom is 0.501 e. The van der Waals surface area contributed by atoms with Gasteiger partial charge in [-0.25, -0.2) is 12.8 Å². The highest BCUT2D eigenvalue weighted by Crippen LogP contribution is 2.35. The van der Waals surface area contributed by atoms with Crippen LogP contribution in [0.3, 0.4) is 0 Å². The maximum atomic E-state index is 13.1. The van der Waals surface area contributed by atoms with Crippen molar-refractivity contribution in [3.8, 4) is 0 Å². The lowest BCUT2D eigenvalue weighted by molar-refractivity contribution is -0.0435. The first-order chi connectivity index (χ1) is 9.90. The number of alkyl halides is 3. The van der Waals surface area contributed by atoms with Crippen LogP contribution in [0.2, 0.25) is 0 Å². The second-order valence-corrected chi connectivity index (χ2v) is 7.65. The Balaban J connectivity index is 3.18. The molecule has 0 spiro atoms. The van der Waals surface area contributed by atoms with Gasteiger partial charge in [0.1, 0.15) is 10.7 Å². The largest absolute Gasteiger partial charge is 0.501 e. The Morgan fingerprint density at radius 3 is 2.41 bits per heavy atom. The quantitative estimate of drug-likeness (QED) is 0.763. The molecule has 0 saturated carbocycles. The summed E-state index contributed by atoms with van der Waals surface area (Å²) in [7, 11) is -5.70. The number of thioether (sulfide) groups is 1. The van der Waals surface area contributed by atoms with E-state index in [2.05, 4.69) is 5.32 Å². The van der Waals surface area contributed by atoms with Gasteiger partial charge in [-0.15, -0.1) is 0 Å². The van der Waals surface area contributed by atoms with E-state index < -0.39 is 37.3 Å². The van der Waals surface area contributed by atoms with Crippen molar-refractivity contribution in [1.29, 1.82) is 0 Å². The Kier molecular flexibility index (Phi) is 5.74. The van der Waals surface area contributed by atoms with Crippen molar-refractivity contribution in [2.75, 3.05) is 23.9 Å². The van der Waals surface area contributed by atoms with Crippen LogP contribution in [0.15, 0.2) is 23.1 Å². The van der Waals surface area contributed by atoms with Crippen molar-refractivity contribution in [2.45, 2.75) is 22.9 Å². The van der Waals surface area contributed by atoms with Crippen LogP contribution in [0.25, 0.3) is 0 Å². The van der Waals surface area contributed by atoms with Crippen molar-refractivity contribution in [2.24, 2.45) is 0 Å². The molecule has 1 rings (SSSR count). The molecule has 126 valence electrons. The lowest BCUT2D eigenvalue weighted by Gasteiger charge is -2.24. The molecular formula is C12H15F4NO3S2. The lowest BCUT2D eigenvalue weighted by atomic mass is 10.1. The normalized spacial score (nSPS) is 15.4. The maximum absolute atomic E-state index is 13.1. The first-order valence-electron chi connectivity index (χ1n) is 5.97. The number of hydrogen-bond donors (Lipinski definition) is 2. The Hall–Kier alpha value is -1.00. The summed E-state index contributed by atoms with van der Waals surface area (Å²) in [6.07, 6.45) is 1.73. The van der Waals surface area contributed by atoms with Gasteiger partial charge in [0.25, 0.3) is 9.84 Å². The molecule has 0 aliphatic rings. The van der Waals surface area contributed by atoms with Crippen molar-refractivity contribution in [3.63, 3.8) is 0 Å². The van der Waals surface area contributed by atoms with Crippen LogP contribution in [-0.4, -0.2) is 43.2 Å². The molecule has 1 atom stereocenters. The molecule has 1 unspecified atom stereocenters. The summed E-state index contributed by atoms with van der Waals surface area (Å²) in [5.41, 5.74) is -7.23. The standard InChI is InChI=1S/C12H15F4NO3S2/c1-11(18,7-21-2)6-17-9-4-3-8(13)5-10(9)22(19,20)12(14,15)16/h3-5,17-18H,6-7H2,1-2H3. The van der Waals surface area contributed by atoms with Crippen molar-refractivity contribution < 1.29 is 31.1 Å². The molecule has 0 bridgehead atoms. The highest BCUT2D eigenvalue weighted by Gasteiger charge is 2.48. The second-order valence-electron chi connectivity index (χ2n) is 4.87. The van der Waals surface area contributed by atoms with E-state index >= 15 is 0 Å². The first-order valence-corrected chi connectivity index (χ1v) is 8.84.